The normalized spacial score (nSPS) is 24.0. The van der Waals surface area contributed by atoms with Crippen LogP contribution in [0.15, 0.2) is 40.8 Å². The van der Waals surface area contributed by atoms with Crippen LogP contribution >= 0.6 is 15.9 Å². The second-order valence-corrected chi connectivity index (χ2v) is 8.11. The minimum absolute atomic E-state index is 0.177. The summed E-state index contributed by atoms with van der Waals surface area (Å²) in [6.07, 6.45) is 4.15. The quantitative estimate of drug-likeness (QED) is 0.831. The lowest BCUT2D eigenvalue weighted by Crippen LogP contribution is -2.42. The molecule has 2 atom stereocenters. The maximum absolute atomic E-state index is 13.0. The number of hydrogen-bond acceptors (Lipinski definition) is 5. The number of nitrogens with one attached hydrogen (secondary N) is 1. The molecular weight excluding hydrogens is 384 g/mol. The third-order valence-corrected chi connectivity index (χ3v) is 5.27. The Labute approximate surface area is 154 Å². The monoisotopic (exact) mass is 402 g/mol. The Bertz CT molecular complexity index is 887. The third-order valence-electron chi connectivity index (χ3n) is 4.78. The van der Waals surface area contributed by atoms with Gasteiger partial charge in [-0.2, -0.15) is 10.1 Å². The summed E-state index contributed by atoms with van der Waals surface area (Å²) in [5.41, 5.74) is 1.63. The fourth-order valence-corrected chi connectivity index (χ4v) is 4.19. The van der Waals surface area contributed by atoms with E-state index >= 15 is 0 Å². The Morgan fingerprint density at radius 2 is 2.20 bits per heavy atom. The number of ether oxygens (including phenoxy) is 1. The van der Waals surface area contributed by atoms with Gasteiger partial charge in [-0.05, 0) is 23.6 Å². The number of ketones is 1. The Balaban J connectivity index is 1.95. The average molecular weight is 403 g/mol. The van der Waals surface area contributed by atoms with Crippen molar-refractivity contribution in [3.05, 3.63) is 46.3 Å². The molecule has 0 bridgehead atoms. The first kappa shape index (κ1) is 16.3. The molecule has 0 spiro atoms. The van der Waals surface area contributed by atoms with Crippen molar-refractivity contribution >= 4 is 27.7 Å². The summed E-state index contributed by atoms with van der Waals surface area (Å²) in [4.78, 5) is 17.4. The van der Waals surface area contributed by atoms with Gasteiger partial charge in [0.2, 0.25) is 5.95 Å². The highest BCUT2D eigenvalue weighted by Gasteiger charge is 2.45. The van der Waals surface area contributed by atoms with E-state index < -0.39 is 0 Å². The first-order valence-electron chi connectivity index (χ1n) is 8.15. The number of nitrogens with zero attached hydrogens (tertiary/aromatic N) is 3. The highest BCUT2D eigenvalue weighted by atomic mass is 79.9. The van der Waals surface area contributed by atoms with Crippen molar-refractivity contribution in [2.75, 3.05) is 12.4 Å². The largest absolute Gasteiger partial charge is 0.496 e. The molecule has 25 heavy (non-hydrogen) atoms. The van der Waals surface area contributed by atoms with Crippen LogP contribution in [0.3, 0.4) is 0 Å². The zero-order chi connectivity index (χ0) is 17.8. The molecule has 1 N–H and O–H groups in total. The van der Waals surface area contributed by atoms with E-state index in [9.17, 15) is 4.79 Å². The summed E-state index contributed by atoms with van der Waals surface area (Å²) in [6.45, 7) is 4.15. The van der Waals surface area contributed by atoms with Gasteiger partial charge in [-0.1, -0.05) is 35.9 Å². The van der Waals surface area contributed by atoms with Gasteiger partial charge in [0.1, 0.15) is 17.9 Å². The lowest BCUT2D eigenvalue weighted by molar-refractivity contribution is -0.125. The molecule has 0 saturated carbocycles. The smallest absolute Gasteiger partial charge is 0.226 e. The summed E-state index contributed by atoms with van der Waals surface area (Å²) >= 11 is 3.53. The maximum Gasteiger partial charge on any atom is 0.226 e. The van der Waals surface area contributed by atoms with Gasteiger partial charge in [0.15, 0.2) is 0 Å². The topological polar surface area (TPSA) is 69.0 Å². The summed E-state index contributed by atoms with van der Waals surface area (Å²) in [5, 5.41) is 7.67. The van der Waals surface area contributed by atoms with Gasteiger partial charge in [-0.15, -0.1) is 0 Å². The molecule has 0 fully saturated rings. The molecule has 7 heteroatoms. The van der Waals surface area contributed by atoms with Crippen molar-refractivity contribution in [2.45, 2.75) is 26.3 Å². The number of halogens is 1. The Morgan fingerprint density at radius 1 is 1.40 bits per heavy atom. The minimum atomic E-state index is -0.328. The van der Waals surface area contributed by atoms with E-state index in [1.54, 1.807) is 11.8 Å². The Morgan fingerprint density at radius 3 is 2.96 bits per heavy atom. The predicted octanol–water partition coefficient (Wildman–Crippen LogP) is 3.56. The first-order valence-corrected chi connectivity index (χ1v) is 8.94. The van der Waals surface area contributed by atoms with E-state index in [4.69, 9.17) is 4.74 Å². The molecule has 130 valence electrons. The molecule has 0 radical (unpaired) electrons. The summed E-state index contributed by atoms with van der Waals surface area (Å²) in [7, 11) is 1.64. The zero-order valence-corrected chi connectivity index (χ0v) is 15.9. The fourth-order valence-electron chi connectivity index (χ4n) is 3.82. The van der Waals surface area contributed by atoms with Crippen molar-refractivity contribution in [1.82, 2.24) is 14.8 Å². The number of hydrogen-bond donors (Lipinski definition) is 1. The third kappa shape index (κ3) is 2.66. The molecule has 6 nitrogen and oxygen atoms in total. The molecular formula is C18H19BrN4O2. The molecule has 0 unspecified atom stereocenters. The van der Waals surface area contributed by atoms with Gasteiger partial charge >= 0.3 is 0 Å². The number of rotatable bonds is 2. The van der Waals surface area contributed by atoms with E-state index in [2.05, 4.69) is 51.3 Å². The molecule has 1 aromatic carbocycles. The average Bonchev–Trinajstić information content (AvgIpc) is 2.99. The van der Waals surface area contributed by atoms with Crippen molar-refractivity contribution in [3.63, 3.8) is 0 Å². The number of methoxy groups -OCH3 is 1. The van der Waals surface area contributed by atoms with Crippen LogP contribution in [0.5, 0.6) is 5.75 Å². The molecule has 1 aliphatic heterocycles. The van der Waals surface area contributed by atoms with Gasteiger partial charge in [0.25, 0.3) is 0 Å². The number of benzene rings is 1. The fraction of sp³-hybridized carbons (Fsp3) is 0.389. The van der Waals surface area contributed by atoms with Crippen LogP contribution in [0.2, 0.25) is 0 Å². The van der Waals surface area contributed by atoms with Crippen LogP contribution in [-0.4, -0.2) is 27.7 Å². The second-order valence-electron chi connectivity index (χ2n) is 7.19. The molecule has 2 heterocycles. The summed E-state index contributed by atoms with van der Waals surface area (Å²) in [5.74, 6) is 1.24. The van der Waals surface area contributed by atoms with Crippen LogP contribution in [0.25, 0.3) is 0 Å². The van der Waals surface area contributed by atoms with Gasteiger partial charge in [0.05, 0.1) is 19.1 Å². The molecule has 2 aliphatic rings. The van der Waals surface area contributed by atoms with Gasteiger partial charge in [0, 0.05) is 22.2 Å². The molecule has 0 saturated heterocycles. The van der Waals surface area contributed by atoms with Gasteiger partial charge in [-0.25, -0.2) is 4.68 Å². The van der Waals surface area contributed by atoms with Crippen LogP contribution in [0, 0.1) is 11.3 Å². The summed E-state index contributed by atoms with van der Waals surface area (Å²) in [6, 6.07) is 5.53. The molecule has 0 amide bonds. The minimum Gasteiger partial charge on any atom is -0.496 e. The van der Waals surface area contributed by atoms with E-state index in [1.807, 2.05) is 18.2 Å². The van der Waals surface area contributed by atoms with Gasteiger partial charge in [-0.3, -0.25) is 4.79 Å². The lowest BCUT2D eigenvalue weighted by Gasteiger charge is -2.40. The number of allylic oxidation sites excluding steroid dienone is 2. The lowest BCUT2D eigenvalue weighted by atomic mass is 9.72. The SMILES string of the molecule is COc1ccc(Br)cc1[C@H]1[C@@H]2C(=O)CC(C)(C)C=C2Nc2ncnn21. The van der Waals surface area contributed by atoms with Crippen molar-refractivity contribution in [3.8, 4) is 5.75 Å². The first-order chi connectivity index (χ1) is 11.9. The van der Waals surface area contributed by atoms with Crippen molar-refractivity contribution in [1.29, 1.82) is 0 Å². The number of carbonyl (C=O) groups excluding carboxylic acids is 1. The number of carbonyl (C=O) groups is 1. The standard InChI is InChI=1S/C18H19BrN4O2/c1-18(2)7-12-15(13(24)8-18)16(23-17(22-12)20-9-21-23)11-6-10(19)4-5-14(11)25-3/h4-7,9,15-16H,8H2,1-3H3,(H,20,21,22)/t15-,16-/m0/s1. The highest BCUT2D eigenvalue weighted by Crippen LogP contribution is 2.47. The van der Waals surface area contributed by atoms with E-state index in [0.29, 0.717) is 12.4 Å². The van der Waals surface area contributed by atoms with Crippen LogP contribution in [0.1, 0.15) is 31.9 Å². The maximum atomic E-state index is 13.0. The number of Topliss-reactive ketones (excluding diaryl/α,β-unsaturated/α-hetero) is 1. The van der Waals surface area contributed by atoms with E-state index in [1.165, 1.54) is 6.33 Å². The number of anilines is 1. The van der Waals surface area contributed by atoms with Crippen molar-refractivity contribution < 1.29 is 9.53 Å². The van der Waals surface area contributed by atoms with Crippen LogP contribution in [0.4, 0.5) is 5.95 Å². The van der Waals surface area contributed by atoms with E-state index in [-0.39, 0.29) is 23.2 Å². The van der Waals surface area contributed by atoms with E-state index in [0.717, 1.165) is 21.5 Å². The van der Waals surface area contributed by atoms with Crippen LogP contribution < -0.4 is 10.1 Å². The highest BCUT2D eigenvalue weighted by molar-refractivity contribution is 9.10. The molecule has 2 aromatic rings. The summed E-state index contributed by atoms with van der Waals surface area (Å²) < 4.78 is 8.28. The van der Waals surface area contributed by atoms with Crippen LogP contribution in [-0.2, 0) is 4.79 Å². The molecule has 4 rings (SSSR count). The zero-order valence-electron chi connectivity index (χ0n) is 14.3. The predicted molar refractivity (Wildman–Crippen MR) is 97.5 cm³/mol. The number of fused-ring (bicyclic) bond motifs is 2. The molecule has 1 aliphatic carbocycles. The Kier molecular flexibility index (Phi) is 3.72. The Hall–Kier alpha value is -2.15. The molecule has 1 aromatic heterocycles. The second kappa shape index (κ2) is 5.69. The van der Waals surface area contributed by atoms with Gasteiger partial charge < -0.3 is 10.1 Å². The van der Waals surface area contributed by atoms with Crippen molar-refractivity contribution in [2.24, 2.45) is 11.3 Å². The number of aromatic nitrogens is 3.